The Hall–Kier alpha value is 0.01000. The Labute approximate surface area is 81.0 Å². The number of carbonyl (C=O) groups is 1. The topological polar surface area (TPSA) is 49.3 Å². The first-order chi connectivity index (χ1) is 5.45. The quantitative estimate of drug-likeness (QED) is 0.675. The van der Waals surface area contributed by atoms with Gasteiger partial charge < -0.3 is 10.4 Å². The average molecular weight is 212 g/mol. The van der Waals surface area contributed by atoms with Crippen molar-refractivity contribution in [3.05, 3.63) is 0 Å². The van der Waals surface area contributed by atoms with E-state index in [-0.39, 0.29) is 18.6 Å². The predicted molar refractivity (Wildman–Crippen MR) is 47.2 cm³/mol. The zero-order valence-electron chi connectivity index (χ0n) is 6.68. The van der Waals surface area contributed by atoms with Gasteiger partial charge in [-0.2, -0.15) is 0 Å². The van der Waals surface area contributed by atoms with Crippen molar-refractivity contribution in [2.75, 3.05) is 6.61 Å². The van der Waals surface area contributed by atoms with Crippen molar-refractivity contribution in [2.24, 2.45) is 5.92 Å². The van der Waals surface area contributed by atoms with E-state index in [1.165, 1.54) is 6.92 Å². The fraction of sp³-hybridized carbons (Fsp3) is 0.857. The molecule has 0 radical (unpaired) electrons. The zero-order valence-corrected chi connectivity index (χ0v) is 8.19. The van der Waals surface area contributed by atoms with Gasteiger partial charge in [0.05, 0.1) is 0 Å². The molecule has 1 amide bonds. The van der Waals surface area contributed by atoms with E-state index in [9.17, 15) is 4.79 Å². The highest BCUT2D eigenvalue weighted by atomic mass is 35.5. The third kappa shape index (κ3) is 2.51. The van der Waals surface area contributed by atoms with Crippen molar-refractivity contribution in [1.29, 1.82) is 0 Å². The lowest BCUT2D eigenvalue weighted by molar-refractivity contribution is -0.121. The van der Waals surface area contributed by atoms with Crippen molar-refractivity contribution >= 4 is 29.1 Å². The fourth-order valence-corrected chi connectivity index (χ4v) is 1.03. The Kier molecular flexibility index (Phi) is 2.86. The van der Waals surface area contributed by atoms with Crippen molar-refractivity contribution in [3.8, 4) is 0 Å². The van der Waals surface area contributed by atoms with Crippen LogP contribution in [0.2, 0.25) is 0 Å². The average Bonchev–Trinajstić information content (AvgIpc) is 2.65. The van der Waals surface area contributed by atoms with Crippen LogP contribution in [-0.2, 0) is 4.79 Å². The van der Waals surface area contributed by atoms with Gasteiger partial charge in [-0.1, -0.05) is 23.2 Å². The van der Waals surface area contributed by atoms with Gasteiger partial charge in [0, 0.05) is 18.6 Å². The Balaban J connectivity index is 2.30. The number of halogens is 2. The van der Waals surface area contributed by atoms with Crippen LogP contribution in [0.25, 0.3) is 0 Å². The summed E-state index contributed by atoms with van der Waals surface area (Å²) in [4.78, 5) is 11.1. The first-order valence-corrected chi connectivity index (χ1v) is 4.50. The Morgan fingerprint density at radius 2 is 2.33 bits per heavy atom. The molecule has 1 rings (SSSR count). The van der Waals surface area contributed by atoms with Crippen molar-refractivity contribution in [2.45, 2.75) is 23.7 Å². The number of nitrogens with one attached hydrogen (secondary N) is 1. The third-order valence-corrected chi connectivity index (χ3v) is 2.22. The summed E-state index contributed by atoms with van der Waals surface area (Å²) in [5.41, 5.74) is 0. The lowest BCUT2D eigenvalue weighted by atomic mass is 10.4. The van der Waals surface area contributed by atoms with Crippen LogP contribution >= 0.6 is 23.2 Å². The van der Waals surface area contributed by atoms with Crippen LogP contribution in [-0.4, -0.2) is 28.0 Å². The van der Waals surface area contributed by atoms with E-state index >= 15 is 0 Å². The second kappa shape index (κ2) is 3.40. The Morgan fingerprint density at radius 3 is 2.67 bits per heavy atom. The summed E-state index contributed by atoms with van der Waals surface area (Å²) in [7, 11) is 0. The molecule has 0 aromatic heterocycles. The second-order valence-corrected chi connectivity index (χ2v) is 4.85. The van der Waals surface area contributed by atoms with Gasteiger partial charge in [0.2, 0.25) is 0 Å². The highest BCUT2D eigenvalue weighted by Crippen LogP contribution is 2.31. The number of aliphatic hydroxyl groups is 1. The van der Waals surface area contributed by atoms with Gasteiger partial charge in [0.1, 0.15) is 0 Å². The molecular weight excluding hydrogens is 201 g/mol. The minimum atomic E-state index is -1.37. The van der Waals surface area contributed by atoms with E-state index in [1.54, 1.807) is 0 Å². The van der Waals surface area contributed by atoms with Crippen molar-refractivity contribution in [3.63, 3.8) is 0 Å². The summed E-state index contributed by atoms with van der Waals surface area (Å²) >= 11 is 11.1. The fourth-order valence-electron chi connectivity index (χ4n) is 0.921. The standard InChI is InChI=1S/C7H11Cl2NO2/c1-7(8,9)6(12)10-5-2-4(5)3-11/h4-5,11H,2-3H2,1H3,(H,10,12). The molecule has 0 aromatic rings. The minimum Gasteiger partial charge on any atom is -0.396 e. The number of aliphatic hydroxyl groups excluding tert-OH is 1. The molecule has 1 fully saturated rings. The SMILES string of the molecule is CC(Cl)(Cl)C(=O)NC1CC1CO. The number of carbonyl (C=O) groups excluding carboxylic acids is 1. The molecule has 2 N–H and O–H groups in total. The molecular formula is C7H11Cl2NO2. The normalized spacial score (nSPS) is 28.3. The van der Waals surface area contributed by atoms with E-state index in [1.807, 2.05) is 0 Å². The summed E-state index contributed by atoms with van der Waals surface area (Å²) < 4.78 is -1.37. The van der Waals surface area contributed by atoms with Gasteiger partial charge >= 0.3 is 0 Å². The van der Waals surface area contributed by atoms with E-state index < -0.39 is 10.2 Å². The largest absolute Gasteiger partial charge is 0.396 e. The van der Waals surface area contributed by atoms with E-state index in [2.05, 4.69) is 5.32 Å². The van der Waals surface area contributed by atoms with Crippen molar-refractivity contribution in [1.82, 2.24) is 5.32 Å². The number of rotatable bonds is 3. The second-order valence-electron chi connectivity index (χ2n) is 3.15. The summed E-state index contributed by atoms with van der Waals surface area (Å²) in [6, 6.07) is 0.0549. The number of amides is 1. The summed E-state index contributed by atoms with van der Waals surface area (Å²) in [6.07, 6.45) is 0.812. The number of hydrogen-bond acceptors (Lipinski definition) is 2. The molecule has 0 spiro atoms. The van der Waals surface area contributed by atoms with E-state index in [0.29, 0.717) is 0 Å². The molecule has 70 valence electrons. The van der Waals surface area contributed by atoms with Gasteiger partial charge in [0.25, 0.3) is 5.91 Å². The van der Waals surface area contributed by atoms with Gasteiger partial charge in [0.15, 0.2) is 4.33 Å². The molecule has 0 saturated heterocycles. The molecule has 3 nitrogen and oxygen atoms in total. The molecule has 0 heterocycles. The van der Waals surface area contributed by atoms with Crippen LogP contribution < -0.4 is 5.32 Å². The van der Waals surface area contributed by atoms with Crippen LogP contribution in [0, 0.1) is 5.92 Å². The number of hydrogen-bond donors (Lipinski definition) is 2. The summed E-state index contributed by atoms with van der Waals surface area (Å²) in [6.45, 7) is 1.52. The van der Waals surface area contributed by atoms with Crippen molar-refractivity contribution < 1.29 is 9.90 Å². The van der Waals surface area contributed by atoms with Crippen LogP contribution in [0.5, 0.6) is 0 Å². The maximum absolute atomic E-state index is 11.1. The molecule has 2 unspecified atom stereocenters. The molecule has 1 aliphatic carbocycles. The lowest BCUT2D eigenvalue weighted by Gasteiger charge is -2.12. The lowest BCUT2D eigenvalue weighted by Crippen LogP contribution is -2.38. The smallest absolute Gasteiger partial charge is 0.256 e. The van der Waals surface area contributed by atoms with Gasteiger partial charge in [-0.3, -0.25) is 4.79 Å². The van der Waals surface area contributed by atoms with E-state index in [0.717, 1.165) is 6.42 Å². The van der Waals surface area contributed by atoms with Crippen LogP contribution in [0.4, 0.5) is 0 Å². The summed E-state index contributed by atoms with van der Waals surface area (Å²) in [5, 5.41) is 11.3. The molecule has 5 heteroatoms. The highest BCUT2D eigenvalue weighted by Gasteiger charge is 2.40. The zero-order chi connectivity index (χ0) is 9.35. The van der Waals surface area contributed by atoms with Gasteiger partial charge in [-0.05, 0) is 13.3 Å². The molecule has 1 aliphatic rings. The third-order valence-electron chi connectivity index (χ3n) is 1.87. The molecule has 1 saturated carbocycles. The first-order valence-electron chi connectivity index (χ1n) is 3.75. The molecule has 0 bridgehead atoms. The van der Waals surface area contributed by atoms with Gasteiger partial charge in [-0.15, -0.1) is 0 Å². The van der Waals surface area contributed by atoms with Crippen LogP contribution in [0.3, 0.4) is 0 Å². The molecule has 0 aliphatic heterocycles. The van der Waals surface area contributed by atoms with Crippen LogP contribution in [0.1, 0.15) is 13.3 Å². The number of alkyl halides is 2. The van der Waals surface area contributed by atoms with E-state index in [4.69, 9.17) is 28.3 Å². The molecule has 2 atom stereocenters. The molecule has 12 heavy (non-hydrogen) atoms. The monoisotopic (exact) mass is 211 g/mol. The first kappa shape index (κ1) is 10.1. The minimum absolute atomic E-state index is 0.0549. The van der Waals surface area contributed by atoms with Gasteiger partial charge in [-0.25, -0.2) is 0 Å². The predicted octanol–water partition coefficient (Wildman–Crippen LogP) is 0.677. The maximum atomic E-state index is 11.1. The van der Waals surface area contributed by atoms with Crippen LogP contribution in [0.15, 0.2) is 0 Å². The highest BCUT2D eigenvalue weighted by molar-refractivity contribution is 6.57. The Morgan fingerprint density at radius 1 is 1.75 bits per heavy atom. The maximum Gasteiger partial charge on any atom is 0.256 e. The Bertz CT molecular complexity index is 190. The molecule has 0 aromatic carbocycles. The summed E-state index contributed by atoms with van der Waals surface area (Å²) in [5.74, 6) is -0.212.